The van der Waals surface area contributed by atoms with Gasteiger partial charge in [0.15, 0.2) is 0 Å². The summed E-state index contributed by atoms with van der Waals surface area (Å²) < 4.78 is 5.63. The van der Waals surface area contributed by atoms with Gasteiger partial charge in [0, 0.05) is 0 Å². The average molecular weight is 237 g/mol. The van der Waals surface area contributed by atoms with E-state index >= 15 is 0 Å². The van der Waals surface area contributed by atoms with E-state index in [4.69, 9.17) is 15.6 Å². The maximum Gasteiger partial charge on any atom is 0.119 e. The first kappa shape index (κ1) is 14.0. The first-order chi connectivity index (χ1) is 8.22. The normalized spacial score (nSPS) is 12.4. The molecule has 0 saturated carbocycles. The van der Waals surface area contributed by atoms with Gasteiger partial charge in [-0.15, -0.1) is 0 Å². The van der Waals surface area contributed by atoms with Gasteiger partial charge in [-0.05, 0) is 56.8 Å². The maximum atomic E-state index is 9.12. The van der Waals surface area contributed by atoms with E-state index in [0.717, 1.165) is 38.0 Å². The van der Waals surface area contributed by atoms with E-state index in [2.05, 4.69) is 12.1 Å². The lowest BCUT2D eigenvalue weighted by atomic mass is 10.1. The predicted molar refractivity (Wildman–Crippen MR) is 70.2 cm³/mol. The molecule has 1 unspecified atom stereocenters. The van der Waals surface area contributed by atoms with Crippen molar-refractivity contribution in [2.45, 2.75) is 38.7 Å². The standard InChI is InChI=1S/C14H23NO2/c1-12(16)5-4-10-17-14-8-2-6-13(11-14)7-3-9-15/h2,6,8,11-12,16H,3-5,7,9-10,15H2,1H3. The molecule has 96 valence electrons. The molecule has 0 spiro atoms. The van der Waals surface area contributed by atoms with Crippen LogP contribution < -0.4 is 10.5 Å². The van der Waals surface area contributed by atoms with Crippen molar-refractivity contribution in [3.8, 4) is 5.75 Å². The number of aliphatic hydroxyl groups excluding tert-OH is 1. The van der Waals surface area contributed by atoms with Crippen LogP contribution in [0.4, 0.5) is 0 Å². The minimum Gasteiger partial charge on any atom is -0.494 e. The summed E-state index contributed by atoms with van der Waals surface area (Å²) in [4.78, 5) is 0. The third kappa shape index (κ3) is 6.29. The van der Waals surface area contributed by atoms with E-state index in [1.807, 2.05) is 12.1 Å². The van der Waals surface area contributed by atoms with Crippen LogP contribution in [-0.2, 0) is 6.42 Å². The minimum atomic E-state index is -0.241. The van der Waals surface area contributed by atoms with Gasteiger partial charge in [-0.25, -0.2) is 0 Å². The fourth-order valence-electron chi connectivity index (χ4n) is 1.67. The topological polar surface area (TPSA) is 55.5 Å². The Kier molecular flexibility index (Phi) is 6.67. The summed E-state index contributed by atoms with van der Waals surface area (Å²) in [5.41, 5.74) is 6.75. The van der Waals surface area contributed by atoms with E-state index in [1.54, 1.807) is 6.92 Å². The highest BCUT2D eigenvalue weighted by Crippen LogP contribution is 2.15. The van der Waals surface area contributed by atoms with Crippen molar-refractivity contribution in [3.63, 3.8) is 0 Å². The number of nitrogens with two attached hydrogens (primary N) is 1. The Morgan fingerprint density at radius 1 is 1.35 bits per heavy atom. The molecule has 3 N–H and O–H groups in total. The van der Waals surface area contributed by atoms with Gasteiger partial charge in [0.2, 0.25) is 0 Å². The Balaban J connectivity index is 2.32. The van der Waals surface area contributed by atoms with Gasteiger partial charge < -0.3 is 15.6 Å². The minimum absolute atomic E-state index is 0.241. The number of hydrogen-bond donors (Lipinski definition) is 2. The first-order valence-corrected chi connectivity index (χ1v) is 6.32. The van der Waals surface area contributed by atoms with Crippen LogP contribution >= 0.6 is 0 Å². The molecule has 0 aliphatic rings. The summed E-state index contributed by atoms with van der Waals surface area (Å²) >= 11 is 0. The molecule has 0 aliphatic heterocycles. The van der Waals surface area contributed by atoms with Crippen molar-refractivity contribution in [1.29, 1.82) is 0 Å². The van der Waals surface area contributed by atoms with Crippen molar-refractivity contribution < 1.29 is 9.84 Å². The van der Waals surface area contributed by atoms with Gasteiger partial charge in [-0.1, -0.05) is 12.1 Å². The molecular formula is C14H23NO2. The van der Waals surface area contributed by atoms with Gasteiger partial charge in [0.1, 0.15) is 5.75 Å². The highest BCUT2D eigenvalue weighted by atomic mass is 16.5. The average Bonchev–Trinajstić information content (AvgIpc) is 2.32. The molecule has 1 aromatic rings. The van der Waals surface area contributed by atoms with E-state index in [-0.39, 0.29) is 6.10 Å². The number of aliphatic hydroxyl groups is 1. The monoisotopic (exact) mass is 237 g/mol. The van der Waals surface area contributed by atoms with Crippen molar-refractivity contribution in [1.82, 2.24) is 0 Å². The first-order valence-electron chi connectivity index (χ1n) is 6.32. The molecule has 0 radical (unpaired) electrons. The second-order valence-electron chi connectivity index (χ2n) is 4.38. The Bertz CT molecular complexity index is 313. The summed E-state index contributed by atoms with van der Waals surface area (Å²) in [5.74, 6) is 0.908. The summed E-state index contributed by atoms with van der Waals surface area (Å²) in [7, 11) is 0. The van der Waals surface area contributed by atoms with E-state index in [1.165, 1.54) is 5.56 Å². The third-order valence-corrected chi connectivity index (χ3v) is 2.60. The lowest BCUT2D eigenvalue weighted by Gasteiger charge is -2.08. The van der Waals surface area contributed by atoms with Gasteiger partial charge in [-0.3, -0.25) is 0 Å². The zero-order valence-corrected chi connectivity index (χ0v) is 10.6. The molecule has 0 aliphatic carbocycles. The lowest BCUT2D eigenvalue weighted by Crippen LogP contribution is -2.04. The van der Waals surface area contributed by atoms with E-state index < -0.39 is 0 Å². The van der Waals surface area contributed by atoms with Crippen LogP contribution in [0.3, 0.4) is 0 Å². The fraction of sp³-hybridized carbons (Fsp3) is 0.571. The van der Waals surface area contributed by atoms with Crippen LogP contribution in [-0.4, -0.2) is 24.4 Å². The van der Waals surface area contributed by atoms with Crippen LogP contribution in [0.15, 0.2) is 24.3 Å². The molecule has 3 nitrogen and oxygen atoms in total. The molecule has 3 heteroatoms. The van der Waals surface area contributed by atoms with Crippen LogP contribution in [0.5, 0.6) is 5.75 Å². The fourth-order valence-corrected chi connectivity index (χ4v) is 1.67. The van der Waals surface area contributed by atoms with Gasteiger partial charge in [0.05, 0.1) is 12.7 Å². The summed E-state index contributed by atoms with van der Waals surface area (Å²) in [5, 5.41) is 9.12. The van der Waals surface area contributed by atoms with Crippen molar-refractivity contribution in [3.05, 3.63) is 29.8 Å². The Hall–Kier alpha value is -1.06. The number of benzene rings is 1. The summed E-state index contributed by atoms with van der Waals surface area (Å²) in [6.07, 6.45) is 3.43. The molecule has 0 amide bonds. The molecule has 0 fully saturated rings. The second kappa shape index (κ2) is 8.09. The largest absolute Gasteiger partial charge is 0.494 e. The molecular weight excluding hydrogens is 214 g/mol. The molecule has 0 aromatic heterocycles. The molecule has 1 aromatic carbocycles. The molecule has 0 bridgehead atoms. The van der Waals surface area contributed by atoms with Crippen LogP contribution in [0.25, 0.3) is 0 Å². The zero-order chi connectivity index (χ0) is 12.5. The Labute approximate surface area is 104 Å². The lowest BCUT2D eigenvalue weighted by molar-refractivity contribution is 0.170. The second-order valence-corrected chi connectivity index (χ2v) is 4.38. The van der Waals surface area contributed by atoms with Crippen LogP contribution in [0, 0.1) is 0 Å². The number of rotatable bonds is 8. The Morgan fingerprint density at radius 2 is 2.18 bits per heavy atom. The highest BCUT2D eigenvalue weighted by molar-refractivity contribution is 5.28. The number of ether oxygens (including phenoxy) is 1. The van der Waals surface area contributed by atoms with Crippen molar-refractivity contribution in [2.24, 2.45) is 5.73 Å². The van der Waals surface area contributed by atoms with Crippen LogP contribution in [0.1, 0.15) is 31.7 Å². The Morgan fingerprint density at radius 3 is 2.88 bits per heavy atom. The number of hydrogen-bond acceptors (Lipinski definition) is 3. The molecule has 1 rings (SSSR count). The zero-order valence-electron chi connectivity index (χ0n) is 10.6. The van der Waals surface area contributed by atoms with Crippen molar-refractivity contribution >= 4 is 0 Å². The molecule has 0 heterocycles. The van der Waals surface area contributed by atoms with Crippen LogP contribution in [0.2, 0.25) is 0 Å². The molecule has 17 heavy (non-hydrogen) atoms. The highest BCUT2D eigenvalue weighted by Gasteiger charge is 1.99. The van der Waals surface area contributed by atoms with E-state index in [0.29, 0.717) is 6.61 Å². The van der Waals surface area contributed by atoms with Gasteiger partial charge >= 0.3 is 0 Å². The third-order valence-electron chi connectivity index (χ3n) is 2.60. The SMILES string of the molecule is CC(O)CCCOc1cccc(CCCN)c1. The van der Waals surface area contributed by atoms with Crippen molar-refractivity contribution in [2.75, 3.05) is 13.2 Å². The summed E-state index contributed by atoms with van der Waals surface area (Å²) in [6.45, 7) is 3.18. The predicted octanol–water partition coefficient (Wildman–Crippen LogP) is 2.12. The maximum absolute atomic E-state index is 9.12. The smallest absolute Gasteiger partial charge is 0.119 e. The molecule has 0 saturated heterocycles. The van der Waals surface area contributed by atoms with E-state index in [9.17, 15) is 0 Å². The van der Waals surface area contributed by atoms with Gasteiger partial charge in [0.25, 0.3) is 0 Å². The van der Waals surface area contributed by atoms with Gasteiger partial charge in [-0.2, -0.15) is 0 Å². The molecule has 1 atom stereocenters. The summed E-state index contributed by atoms with van der Waals surface area (Å²) in [6, 6.07) is 8.14. The quantitative estimate of drug-likeness (QED) is 0.681. The number of aryl methyl sites for hydroxylation is 1.